The average molecular weight is 356 g/mol. The summed E-state index contributed by atoms with van der Waals surface area (Å²) in [5, 5.41) is 5.56. The lowest BCUT2D eigenvalue weighted by Crippen LogP contribution is -2.56. The Kier molecular flexibility index (Phi) is 9.63. The van der Waals surface area contributed by atoms with Crippen LogP contribution in [0.5, 0.6) is 0 Å². The van der Waals surface area contributed by atoms with Crippen molar-refractivity contribution >= 4 is 24.2 Å². The van der Waals surface area contributed by atoms with Crippen LogP contribution in [0.2, 0.25) is 0 Å². The minimum Gasteiger partial charge on any atom is -0.348 e. The molecule has 0 heterocycles. The van der Waals surface area contributed by atoms with Crippen LogP contribution in [0.25, 0.3) is 0 Å². The zero-order valence-electron chi connectivity index (χ0n) is 15.0. The number of nitrogens with one attached hydrogen (secondary N) is 2. The molecule has 0 radical (unpaired) electrons. The number of hydrogen-bond acceptors (Lipinski definition) is 3. The normalized spacial score (nSPS) is 12.9. The number of rotatable bonds is 8. The number of halogens is 1. The standard InChI is InChI=1S/C18H29N3O2.ClH/c1-13(2)18(4,12-19)21-17(23)11-20-16(22)10-9-15-7-5-14(3)6-8-15;/h5-8,13H,9-12,19H2,1-4H3,(H,20,22)(H,21,23);1H. The van der Waals surface area contributed by atoms with Gasteiger partial charge >= 0.3 is 0 Å². The molecule has 0 spiro atoms. The van der Waals surface area contributed by atoms with Crippen molar-refractivity contribution in [1.82, 2.24) is 10.6 Å². The Hall–Kier alpha value is -1.59. The third kappa shape index (κ3) is 7.32. The van der Waals surface area contributed by atoms with Gasteiger partial charge in [-0.05, 0) is 31.7 Å². The molecule has 6 heteroatoms. The minimum absolute atomic E-state index is 0. The maximum atomic E-state index is 12.0. The molecule has 1 atom stereocenters. The van der Waals surface area contributed by atoms with Crippen molar-refractivity contribution in [2.45, 2.75) is 46.1 Å². The van der Waals surface area contributed by atoms with Crippen LogP contribution in [0, 0.1) is 12.8 Å². The molecule has 0 aliphatic rings. The van der Waals surface area contributed by atoms with Gasteiger partial charge in [0.05, 0.1) is 12.1 Å². The molecular formula is C18H30ClN3O2. The number of hydrogen-bond donors (Lipinski definition) is 3. The molecule has 136 valence electrons. The molecule has 1 aromatic carbocycles. The number of amides is 2. The molecular weight excluding hydrogens is 326 g/mol. The number of benzene rings is 1. The minimum atomic E-state index is -0.455. The van der Waals surface area contributed by atoms with E-state index in [0.717, 1.165) is 5.56 Å². The highest BCUT2D eigenvalue weighted by Gasteiger charge is 2.28. The fraction of sp³-hybridized carbons (Fsp3) is 0.556. The molecule has 0 saturated heterocycles. The quantitative estimate of drug-likeness (QED) is 0.666. The van der Waals surface area contributed by atoms with E-state index in [0.29, 0.717) is 19.4 Å². The van der Waals surface area contributed by atoms with Gasteiger partial charge in [-0.1, -0.05) is 43.7 Å². The van der Waals surface area contributed by atoms with Crippen molar-refractivity contribution in [3.63, 3.8) is 0 Å². The van der Waals surface area contributed by atoms with Crippen molar-refractivity contribution < 1.29 is 9.59 Å². The third-order valence-corrected chi connectivity index (χ3v) is 4.33. The van der Waals surface area contributed by atoms with Gasteiger partial charge in [0.1, 0.15) is 0 Å². The second kappa shape index (κ2) is 10.3. The van der Waals surface area contributed by atoms with Gasteiger partial charge in [-0.3, -0.25) is 9.59 Å². The molecule has 5 nitrogen and oxygen atoms in total. The van der Waals surface area contributed by atoms with Gasteiger partial charge in [0.25, 0.3) is 0 Å². The summed E-state index contributed by atoms with van der Waals surface area (Å²) < 4.78 is 0. The zero-order valence-corrected chi connectivity index (χ0v) is 15.8. The summed E-state index contributed by atoms with van der Waals surface area (Å²) in [4.78, 5) is 23.8. The van der Waals surface area contributed by atoms with Crippen LogP contribution in [0.3, 0.4) is 0 Å². The molecule has 0 aromatic heterocycles. The lowest BCUT2D eigenvalue weighted by molar-refractivity contribution is -0.127. The van der Waals surface area contributed by atoms with Crippen molar-refractivity contribution in [3.05, 3.63) is 35.4 Å². The zero-order chi connectivity index (χ0) is 17.5. The fourth-order valence-corrected chi connectivity index (χ4v) is 2.07. The van der Waals surface area contributed by atoms with Crippen LogP contribution in [0.4, 0.5) is 0 Å². The molecule has 1 aromatic rings. The van der Waals surface area contributed by atoms with E-state index in [9.17, 15) is 9.59 Å². The predicted octanol–water partition coefficient (Wildman–Crippen LogP) is 1.96. The lowest BCUT2D eigenvalue weighted by Gasteiger charge is -2.33. The Morgan fingerprint density at radius 1 is 1.17 bits per heavy atom. The van der Waals surface area contributed by atoms with E-state index in [2.05, 4.69) is 10.6 Å². The fourth-order valence-electron chi connectivity index (χ4n) is 2.07. The van der Waals surface area contributed by atoms with E-state index < -0.39 is 5.54 Å². The first-order valence-corrected chi connectivity index (χ1v) is 8.10. The van der Waals surface area contributed by atoms with Crippen LogP contribution in [0.15, 0.2) is 24.3 Å². The number of carbonyl (C=O) groups excluding carboxylic acids is 2. The van der Waals surface area contributed by atoms with Crippen molar-refractivity contribution in [2.24, 2.45) is 11.7 Å². The Bertz CT molecular complexity index is 532. The molecule has 0 fully saturated rings. The largest absolute Gasteiger partial charge is 0.348 e. The van der Waals surface area contributed by atoms with Gasteiger partial charge in [0.15, 0.2) is 0 Å². The van der Waals surface area contributed by atoms with Crippen LogP contribution >= 0.6 is 12.4 Å². The van der Waals surface area contributed by atoms with Crippen molar-refractivity contribution in [3.8, 4) is 0 Å². The van der Waals surface area contributed by atoms with Crippen molar-refractivity contribution in [1.29, 1.82) is 0 Å². The molecule has 2 amide bonds. The Balaban J connectivity index is 0.00000529. The highest BCUT2D eigenvalue weighted by molar-refractivity contribution is 5.85. The van der Waals surface area contributed by atoms with E-state index in [4.69, 9.17) is 5.73 Å². The second-order valence-electron chi connectivity index (χ2n) is 6.59. The molecule has 1 unspecified atom stereocenters. The Labute approximate surface area is 151 Å². The molecule has 4 N–H and O–H groups in total. The van der Waals surface area contributed by atoms with Gasteiger partial charge in [-0.15, -0.1) is 12.4 Å². The van der Waals surface area contributed by atoms with Gasteiger partial charge in [-0.25, -0.2) is 0 Å². The molecule has 0 aliphatic carbocycles. The Morgan fingerprint density at radius 3 is 2.25 bits per heavy atom. The topological polar surface area (TPSA) is 84.2 Å². The first-order valence-electron chi connectivity index (χ1n) is 8.10. The molecule has 0 aliphatic heterocycles. The highest BCUT2D eigenvalue weighted by atomic mass is 35.5. The first-order chi connectivity index (χ1) is 10.8. The highest BCUT2D eigenvalue weighted by Crippen LogP contribution is 2.14. The Morgan fingerprint density at radius 2 is 1.75 bits per heavy atom. The second-order valence-corrected chi connectivity index (χ2v) is 6.59. The summed E-state index contributed by atoms with van der Waals surface area (Å²) in [6, 6.07) is 8.09. The lowest BCUT2D eigenvalue weighted by atomic mass is 9.88. The summed E-state index contributed by atoms with van der Waals surface area (Å²) >= 11 is 0. The maximum Gasteiger partial charge on any atom is 0.239 e. The van der Waals surface area contributed by atoms with Crippen molar-refractivity contribution in [2.75, 3.05) is 13.1 Å². The van der Waals surface area contributed by atoms with Gasteiger partial charge in [-0.2, -0.15) is 0 Å². The van der Waals surface area contributed by atoms with Gasteiger partial charge in [0, 0.05) is 13.0 Å². The van der Waals surface area contributed by atoms with E-state index in [1.807, 2.05) is 52.0 Å². The monoisotopic (exact) mass is 355 g/mol. The van der Waals surface area contributed by atoms with E-state index in [1.165, 1.54) is 5.56 Å². The molecule has 0 saturated carbocycles. The number of aryl methyl sites for hydroxylation is 2. The molecule has 0 bridgehead atoms. The smallest absolute Gasteiger partial charge is 0.239 e. The average Bonchev–Trinajstić information content (AvgIpc) is 2.52. The van der Waals surface area contributed by atoms with E-state index in [-0.39, 0.29) is 36.7 Å². The molecule has 24 heavy (non-hydrogen) atoms. The maximum absolute atomic E-state index is 12.0. The van der Waals surface area contributed by atoms with Crippen LogP contribution in [-0.2, 0) is 16.0 Å². The predicted molar refractivity (Wildman–Crippen MR) is 100 cm³/mol. The van der Waals surface area contributed by atoms with Gasteiger partial charge in [0.2, 0.25) is 11.8 Å². The van der Waals surface area contributed by atoms with Gasteiger partial charge < -0.3 is 16.4 Å². The number of carbonyl (C=O) groups is 2. The summed E-state index contributed by atoms with van der Waals surface area (Å²) in [5.74, 6) is -0.122. The SMILES string of the molecule is Cc1ccc(CCC(=O)NCC(=O)NC(C)(CN)C(C)C)cc1.Cl. The summed E-state index contributed by atoms with van der Waals surface area (Å²) in [6.45, 7) is 8.30. The summed E-state index contributed by atoms with van der Waals surface area (Å²) in [7, 11) is 0. The first kappa shape index (κ1) is 22.4. The van der Waals surface area contributed by atoms with Crippen LogP contribution in [0.1, 0.15) is 38.3 Å². The van der Waals surface area contributed by atoms with E-state index >= 15 is 0 Å². The molecule has 1 rings (SSSR count). The van der Waals surface area contributed by atoms with Crippen LogP contribution in [-0.4, -0.2) is 30.4 Å². The van der Waals surface area contributed by atoms with E-state index in [1.54, 1.807) is 0 Å². The summed E-state index contributed by atoms with van der Waals surface area (Å²) in [5.41, 5.74) is 7.59. The number of nitrogens with two attached hydrogens (primary N) is 1. The summed E-state index contributed by atoms with van der Waals surface area (Å²) in [6.07, 6.45) is 1.04. The third-order valence-electron chi connectivity index (χ3n) is 4.33. The van der Waals surface area contributed by atoms with Crippen LogP contribution < -0.4 is 16.4 Å².